The van der Waals surface area contributed by atoms with Gasteiger partial charge in [-0.2, -0.15) is 0 Å². The van der Waals surface area contributed by atoms with Crippen LogP contribution in [0.4, 0.5) is 5.69 Å². The Morgan fingerprint density at radius 2 is 1.26 bits per heavy atom. The zero-order valence-corrected chi connectivity index (χ0v) is 23.2. The van der Waals surface area contributed by atoms with Crippen molar-refractivity contribution in [2.45, 2.75) is 19.8 Å². The molecule has 3 aromatic carbocycles. The predicted octanol–water partition coefficient (Wildman–Crippen LogP) is 6.67. The summed E-state index contributed by atoms with van der Waals surface area (Å²) in [7, 11) is 0. The van der Waals surface area contributed by atoms with Crippen LogP contribution in [-0.2, 0) is 0 Å². The molecule has 0 amide bonds. The fourth-order valence-electron chi connectivity index (χ4n) is 5.13. The predicted molar refractivity (Wildman–Crippen MR) is 160 cm³/mol. The second-order valence-corrected chi connectivity index (χ2v) is 10.5. The largest absolute Gasteiger partial charge is 0.460 e. The van der Waals surface area contributed by atoms with E-state index < -0.39 is 22.0 Å². The molecule has 0 spiro atoms. The van der Waals surface area contributed by atoms with Gasteiger partial charge in [-0.25, -0.2) is 0 Å². The van der Waals surface area contributed by atoms with E-state index >= 15 is 0 Å². The van der Waals surface area contributed by atoms with Gasteiger partial charge in [0.2, 0.25) is 0 Å². The van der Waals surface area contributed by atoms with E-state index in [2.05, 4.69) is 20.4 Å². The Hall–Kier alpha value is -5.35. The number of nitrogens with one attached hydrogen (secondary N) is 4. The van der Waals surface area contributed by atoms with Crippen molar-refractivity contribution in [1.82, 2.24) is 20.4 Å². The second kappa shape index (κ2) is 10.6. The summed E-state index contributed by atoms with van der Waals surface area (Å²) in [5.41, 5.74) is 4.09. The maximum atomic E-state index is 13.5. The number of halogens is 1. The Labute approximate surface area is 243 Å². The standard InChI is InChI=1S/C31H24ClN5O5/c1-16-3-7-18(8-4-16)28-26(30(38)35-33-28)25(27-29(34-36-31(27)39)19-9-5-17(2)6-10-19)24-14-13-23(42-24)21-12-11-20(32)15-22(21)37(40)41/h3-15,25H,1-2H3,(H2,33,35,38)(H2,34,36,39). The van der Waals surface area contributed by atoms with E-state index in [1.54, 1.807) is 12.1 Å². The molecule has 0 radical (unpaired) electrons. The van der Waals surface area contributed by atoms with Gasteiger partial charge >= 0.3 is 0 Å². The molecule has 3 heterocycles. The first kappa shape index (κ1) is 26.9. The third-order valence-corrected chi connectivity index (χ3v) is 7.46. The second-order valence-electron chi connectivity index (χ2n) is 10.0. The molecule has 0 aliphatic heterocycles. The van der Waals surface area contributed by atoms with Crippen molar-refractivity contribution >= 4 is 17.3 Å². The van der Waals surface area contributed by atoms with E-state index in [1.807, 2.05) is 62.4 Å². The van der Waals surface area contributed by atoms with Gasteiger partial charge in [0.1, 0.15) is 11.5 Å². The minimum absolute atomic E-state index is 0.186. The van der Waals surface area contributed by atoms with Gasteiger partial charge in [-0.1, -0.05) is 71.3 Å². The molecular formula is C31H24ClN5O5. The van der Waals surface area contributed by atoms with Gasteiger partial charge in [0.05, 0.1) is 38.9 Å². The number of hydrogen-bond donors (Lipinski definition) is 4. The van der Waals surface area contributed by atoms with E-state index in [9.17, 15) is 19.7 Å². The van der Waals surface area contributed by atoms with Crippen LogP contribution in [0.3, 0.4) is 0 Å². The first-order chi connectivity index (χ1) is 20.2. The van der Waals surface area contributed by atoms with Crippen molar-refractivity contribution in [3.63, 3.8) is 0 Å². The molecule has 0 bridgehead atoms. The number of rotatable bonds is 7. The van der Waals surface area contributed by atoms with Gasteiger partial charge in [0, 0.05) is 11.1 Å². The van der Waals surface area contributed by atoms with Gasteiger partial charge in [-0.3, -0.25) is 40.1 Å². The first-order valence-corrected chi connectivity index (χ1v) is 13.4. The number of aromatic nitrogens is 4. The fourth-order valence-corrected chi connectivity index (χ4v) is 5.29. The lowest BCUT2D eigenvalue weighted by molar-refractivity contribution is -0.384. The highest BCUT2D eigenvalue weighted by Gasteiger charge is 2.34. The van der Waals surface area contributed by atoms with Crippen LogP contribution in [0.5, 0.6) is 0 Å². The van der Waals surface area contributed by atoms with Gasteiger partial charge in [-0.15, -0.1) is 0 Å². The van der Waals surface area contributed by atoms with Crippen LogP contribution in [-0.4, -0.2) is 25.3 Å². The van der Waals surface area contributed by atoms with Crippen LogP contribution < -0.4 is 11.1 Å². The van der Waals surface area contributed by atoms with Crippen LogP contribution in [0, 0.1) is 24.0 Å². The lowest BCUT2D eigenvalue weighted by Gasteiger charge is -2.15. The van der Waals surface area contributed by atoms with Crippen molar-refractivity contribution in [2.75, 3.05) is 0 Å². The number of aromatic amines is 4. The van der Waals surface area contributed by atoms with Crippen molar-refractivity contribution in [3.8, 4) is 33.8 Å². The number of nitro benzene ring substituents is 1. The van der Waals surface area contributed by atoms with Gasteiger partial charge in [0.25, 0.3) is 16.8 Å². The van der Waals surface area contributed by atoms with Crippen LogP contribution >= 0.6 is 11.6 Å². The molecule has 0 unspecified atom stereocenters. The fraction of sp³-hybridized carbons (Fsp3) is 0.0968. The minimum atomic E-state index is -0.997. The van der Waals surface area contributed by atoms with E-state index in [0.29, 0.717) is 11.4 Å². The highest BCUT2D eigenvalue weighted by Crippen LogP contribution is 2.41. The van der Waals surface area contributed by atoms with Crippen LogP contribution in [0.2, 0.25) is 5.02 Å². The van der Waals surface area contributed by atoms with Crippen molar-refractivity contribution < 1.29 is 9.34 Å². The Kier molecular flexibility index (Phi) is 6.75. The average molecular weight is 582 g/mol. The lowest BCUT2D eigenvalue weighted by Crippen LogP contribution is -2.19. The average Bonchev–Trinajstić information content (AvgIpc) is 3.70. The van der Waals surface area contributed by atoms with E-state index in [-0.39, 0.29) is 38.9 Å². The molecule has 0 saturated carbocycles. The number of aryl methyl sites for hydroxylation is 2. The molecule has 210 valence electrons. The number of nitrogens with zero attached hydrogens (tertiary/aromatic N) is 1. The Balaban J connectivity index is 1.60. The molecule has 6 aromatic rings. The summed E-state index contributed by atoms with van der Waals surface area (Å²) in [6.07, 6.45) is 0. The summed E-state index contributed by atoms with van der Waals surface area (Å²) in [5, 5.41) is 23.3. The summed E-state index contributed by atoms with van der Waals surface area (Å²) in [4.78, 5) is 38.3. The molecule has 0 aliphatic rings. The van der Waals surface area contributed by atoms with Crippen molar-refractivity contribution in [3.05, 3.63) is 143 Å². The normalized spacial score (nSPS) is 11.3. The molecular weight excluding hydrogens is 558 g/mol. The summed E-state index contributed by atoms with van der Waals surface area (Å²) in [6, 6.07) is 22.7. The zero-order valence-electron chi connectivity index (χ0n) is 22.4. The van der Waals surface area contributed by atoms with Gasteiger partial charge in [-0.05, 0) is 49.2 Å². The summed E-state index contributed by atoms with van der Waals surface area (Å²) < 4.78 is 6.26. The van der Waals surface area contributed by atoms with E-state index in [4.69, 9.17) is 16.0 Å². The molecule has 42 heavy (non-hydrogen) atoms. The van der Waals surface area contributed by atoms with Crippen LogP contribution in [0.25, 0.3) is 33.8 Å². The van der Waals surface area contributed by atoms with Gasteiger partial charge in [0.15, 0.2) is 0 Å². The Morgan fingerprint density at radius 1 is 0.738 bits per heavy atom. The summed E-state index contributed by atoms with van der Waals surface area (Å²) >= 11 is 6.03. The highest BCUT2D eigenvalue weighted by atomic mass is 35.5. The molecule has 11 heteroatoms. The molecule has 0 atom stereocenters. The summed E-state index contributed by atoms with van der Waals surface area (Å²) in [5.74, 6) is -0.569. The molecule has 3 aromatic heterocycles. The number of hydrogen-bond acceptors (Lipinski definition) is 5. The Bertz CT molecular complexity index is 1950. The molecule has 4 N–H and O–H groups in total. The molecule has 0 aliphatic carbocycles. The topological polar surface area (TPSA) is 154 Å². The summed E-state index contributed by atoms with van der Waals surface area (Å²) in [6.45, 7) is 3.92. The van der Waals surface area contributed by atoms with Crippen LogP contribution in [0.15, 0.2) is 92.9 Å². The molecule has 0 fully saturated rings. The maximum Gasteiger partial charge on any atom is 0.281 e. The smallest absolute Gasteiger partial charge is 0.281 e. The SMILES string of the molecule is Cc1ccc(-c2[nH][nH]c(=O)c2C(c2ccc(-c3ccc(Cl)cc3[N+](=O)[O-])o2)c2c(-c3ccc(C)cc3)[nH][nH]c2=O)cc1. The quantitative estimate of drug-likeness (QED) is 0.122. The van der Waals surface area contributed by atoms with Crippen molar-refractivity contribution in [2.24, 2.45) is 0 Å². The monoisotopic (exact) mass is 581 g/mol. The number of benzene rings is 3. The molecule has 10 nitrogen and oxygen atoms in total. The van der Waals surface area contributed by atoms with E-state index in [1.165, 1.54) is 18.2 Å². The number of H-pyrrole nitrogens is 4. The van der Waals surface area contributed by atoms with Gasteiger partial charge < -0.3 is 4.42 Å². The maximum absolute atomic E-state index is 13.5. The number of furan rings is 1. The minimum Gasteiger partial charge on any atom is -0.460 e. The highest BCUT2D eigenvalue weighted by molar-refractivity contribution is 6.30. The third kappa shape index (κ3) is 4.77. The van der Waals surface area contributed by atoms with E-state index in [0.717, 1.165) is 22.3 Å². The zero-order chi connectivity index (χ0) is 29.5. The molecule has 6 rings (SSSR count). The molecule has 0 saturated heterocycles. The lowest BCUT2D eigenvalue weighted by atomic mass is 9.86. The third-order valence-electron chi connectivity index (χ3n) is 7.22. The number of nitro groups is 1. The first-order valence-electron chi connectivity index (χ1n) is 13.0. The van der Waals surface area contributed by atoms with Crippen molar-refractivity contribution in [1.29, 1.82) is 0 Å². The van der Waals surface area contributed by atoms with Crippen LogP contribution in [0.1, 0.15) is 33.9 Å². The Morgan fingerprint density at radius 3 is 1.76 bits per heavy atom.